The van der Waals surface area contributed by atoms with Crippen LogP contribution in [0.4, 0.5) is 0 Å². The fraction of sp³-hybridized carbons (Fsp3) is 0.500. The topological polar surface area (TPSA) is 60.9 Å². The summed E-state index contributed by atoms with van der Waals surface area (Å²) in [6.45, 7) is 4.20. The number of nitrogens with zero attached hydrogens (tertiary/aromatic N) is 2. The minimum Gasteiger partial charge on any atom is -0.478 e. The molecule has 1 aromatic rings. The first-order valence-electron chi connectivity index (χ1n) is 7.19. The van der Waals surface area contributed by atoms with Crippen molar-refractivity contribution in [1.29, 1.82) is 0 Å². The molecule has 0 fully saturated rings. The molecule has 1 amide bonds. The van der Waals surface area contributed by atoms with E-state index < -0.39 is 5.97 Å². The summed E-state index contributed by atoms with van der Waals surface area (Å²) in [4.78, 5) is 27.3. The van der Waals surface area contributed by atoms with E-state index >= 15 is 0 Å². The third-order valence-electron chi connectivity index (χ3n) is 3.36. The van der Waals surface area contributed by atoms with E-state index in [9.17, 15) is 9.59 Å². The van der Waals surface area contributed by atoms with E-state index in [2.05, 4.69) is 4.90 Å². The number of aromatic carboxylic acids is 1. The molecule has 0 heterocycles. The molecule has 1 N–H and O–H groups in total. The van der Waals surface area contributed by atoms with Crippen LogP contribution in [0.3, 0.4) is 0 Å². The summed E-state index contributed by atoms with van der Waals surface area (Å²) >= 11 is 0. The van der Waals surface area contributed by atoms with Crippen molar-refractivity contribution in [2.24, 2.45) is 0 Å². The zero-order chi connectivity index (χ0) is 15.8. The number of hydrogen-bond donors (Lipinski definition) is 1. The maximum Gasteiger partial charge on any atom is 0.335 e. The molecular weight excluding hydrogens is 268 g/mol. The van der Waals surface area contributed by atoms with Gasteiger partial charge in [-0.2, -0.15) is 0 Å². The number of carboxylic acids is 1. The number of likely N-dealkylation sites (N-methyl/N-ethyl adjacent to an activating group) is 1. The van der Waals surface area contributed by atoms with Crippen molar-refractivity contribution in [3.05, 3.63) is 35.4 Å². The van der Waals surface area contributed by atoms with E-state index in [4.69, 9.17) is 5.11 Å². The normalized spacial score (nSPS) is 10.7. The Kier molecular flexibility index (Phi) is 6.88. The number of hydrogen-bond acceptors (Lipinski definition) is 3. The summed E-state index contributed by atoms with van der Waals surface area (Å²) in [6.07, 6.45) is 1.05. The molecule has 0 aromatic heterocycles. The number of rotatable bonds is 8. The van der Waals surface area contributed by atoms with Gasteiger partial charge in [-0.3, -0.25) is 4.79 Å². The van der Waals surface area contributed by atoms with E-state index in [1.165, 1.54) is 6.07 Å². The molecule has 0 aliphatic rings. The average molecular weight is 292 g/mol. The Balaban J connectivity index is 2.68. The first-order chi connectivity index (χ1) is 9.95. The number of carbonyl (C=O) groups excluding carboxylic acids is 1. The molecule has 0 saturated carbocycles. The molecule has 1 aromatic carbocycles. The lowest BCUT2D eigenvalue weighted by atomic mass is 10.0. The van der Waals surface area contributed by atoms with Crippen molar-refractivity contribution in [3.63, 3.8) is 0 Å². The molecule has 0 aliphatic heterocycles. The van der Waals surface area contributed by atoms with Crippen LogP contribution in [0.25, 0.3) is 0 Å². The number of amides is 1. The summed E-state index contributed by atoms with van der Waals surface area (Å²) in [5.74, 6) is -1.01. The molecule has 1 rings (SSSR count). The first kappa shape index (κ1) is 17.2. The fourth-order valence-corrected chi connectivity index (χ4v) is 2.19. The van der Waals surface area contributed by atoms with Crippen LogP contribution >= 0.6 is 0 Å². The van der Waals surface area contributed by atoms with Crippen LogP contribution in [0.1, 0.15) is 29.3 Å². The van der Waals surface area contributed by atoms with E-state index in [0.29, 0.717) is 18.7 Å². The van der Waals surface area contributed by atoms with Gasteiger partial charge in [-0.25, -0.2) is 4.79 Å². The molecule has 0 atom stereocenters. The van der Waals surface area contributed by atoms with Gasteiger partial charge in [0.25, 0.3) is 0 Å². The summed E-state index contributed by atoms with van der Waals surface area (Å²) in [5.41, 5.74) is 0.774. The molecule has 0 aliphatic carbocycles. The van der Waals surface area contributed by atoms with Gasteiger partial charge in [0.1, 0.15) is 0 Å². The molecule has 0 radical (unpaired) electrons. The third kappa shape index (κ3) is 5.55. The highest BCUT2D eigenvalue weighted by atomic mass is 16.4. The Morgan fingerprint density at radius 1 is 1.14 bits per heavy atom. The monoisotopic (exact) mass is 292 g/mol. The van der Waals surface area contributed by atoms with E-state index in [1.54, 1.807) is 23.1 Å². The lowest BCUT2D eigenvalue weighted by Crippen LogP contribution is -2.34. The van der Waals surface area contributed by atoms with Crippen LogP contribution in [0, 0.1) is 0 Å². The van der Waals surface area contributed by atoms with Crippen LogP contribution in [0.15, 0.2) is 24.3 Å². The summed E-state index contributed by atoms with van der Waals surface area (Å²) < 4.78 is 0. The van der Waals surface area contributed by atoms with Crippen LogP contribution in [0.2, 0.25) is 0 Å². The Labute approximate surface area is 126 Å². The summed E-state index contributed by atoms with van der Waals surface area (Å²) in [5, 5.41) is 9.15. The Morgan fingerprint density at radius 3 is 2.38 bits per heavy atom. The Morgan fingerprint density at radius 2 is 1.81 bits per heavy atom. The smallest absolute Gasteiger partial charge is 0.335 e. The standard InChI is InChI=1S/C16H24N2O3/c1-4-18(11-7-10-17(2)3)15(19)12-13-8-5-6-9-14(13)16(20)21/h5-6,8-9H,4,7,10-12H2,1-3H3,(H,20,21). The van der Waals surface area contributed by atoms with Gasteiger partial charge in [0, 0.05) is 13.1 Å². The molecule has 5 heteroatoms. The SMILES string of the molecule is CCN(CCCN(C)C)C(=O)Cc1ccccc1C(=O)O. The van der Waals surface area contributed by atoms with Gasteiger partial charge in [0.05, 0.1) is 12.0 Å². The fourth-order valence-electron chi connectivity index (χ4n) is 2.19. The third-order valence-corrected chi connectivity index (χ3v) is 3.36. The van der Waals surface area contributed by atoms with Crippen molar-refractivity contribution in [2.75, 3.05) is 33.7 Å². The highest BCUT2D eigenvalue weighted by Gasteiger charge is 2.16. The Hall–Kier alpha value is -1.88. The lowest BCUT2D eigenvalue weighted by molar-refractivity contribution is -0.130. The number of benzene rings is 1. The zero-order valence-corrected chi connectivity index (χ0v) is 13.0. The summed E-state index contributed by atoms with van der Waals surface area (Å²) in [7, 11) is 4.00. The zero-order valence-electron chi connectivity index (χ0n) is 13.0. The van der Waals surface area contributed by atoms with Gasteiger partial charge < -0.3 is 14.9 Å². The molecule has 0 spiro atoms. The van der Waals surface area contributed by atoms with Crippen molar-refractivity contribution < 1.29 is 14.7 Å². The van der Waals surface area contributed by atoms with Gasteiger partial charge in [0.2, 0.25) is 5.91 Å². The molecule has 0 unspecified atom stereocenters. The molecule has 0 saturated heterocycles. The predicted molar refractivity (Wildman–Crippen MR) is 82.5 cm³/mol. The van der Waals surface area contributed by atoms with Crippen molar-refractivity contribution in [1.82, 2.24) is 9.80 Å². The maximum atomic E-state index is 12.3. The molecule has 21 heavy (non-hydrogen) atoms. The van der Waals surface area contributed by atoms with E-state index in [-0.39, 0.29) is 17.9 Å². The lowest BCUT2D eigenvalue weighted by Gasteiger charge is -2.22. The molecule has 5 nitrogen and oxygen atoms in total. The van der Waals surface area contributed by atoms with E-state index in [1.807, 2.05) is 21.0 Å². The minimum atomic E-state index is -0.992. The quantitative estimate of drug-likeness (QED) is 0.792. The van der Waals surface area contributed by atoms with Crippen LogP contribution < -0.4 is 0 Å². The second-order valence-electron chi connectivity index (χ2n) is 5.27. The molecule has 0 bridgehead atoms. The molecule has 116 valence electrons. The van der Waals surface area contributed by atoms with Gasteiger partial charge in [0.15, 0.2) is 0 Å². The second-order valence-corrected chi connectivity index (χ2v) is 5.27. The predicted octanol–water partition coefficient (Wildman–Crippen LogP) is 1.73. The second kappa shape index (κ2) is 8.42. The van der Waals surface area contributed by atoms with Gasteiger partial charge in [-0.1, -0.05) is 18.2 Å². The van der Waals surface area contributed by atoms with Gasteiger partial charge in [-0.05, 0) is 45.6 Å². The van der Waals surface area contributed by atoms with Crippen LogP contribution in [-0.4, -0.2) is 60.5 Å². The summed E-state index contributed by atoms with van der Waals surface area (Å²) in [6, 6.07) is 6.67. The number of carboxylic acid groups (broad SMARTS) is 1. The van der Waals surface area contributed by atoms with Gasteiger partial charge >= 0.3 is 5.97 Å². The van der Waals surface area contributed by atoms with Crippen molar-refractivity contribution in [2.45, 2.75) is 19.8 Å². The Bertz CT molecular complexity index is 486. The largest absolute Gasteiger partial charge is 0.478 e. The highest BCUT2D eigenvalue weighted by molar-refractivity contribution is 5.91. The van der Waals surface area contributed by atoms with Crippen LogP contribution in [-0.2, 0) is 11.2 Å². The molecular formula is C16H24N2O3. The first-order valence-corrected chi connectivity index (χ1v) is 7.19. The average Bonchev–Trinajstić information content (AvgIpc) is 2.43. The van der Waals surface area contributed by atoms with Crippen molar-refractivity contribution >= 4 is 11.9 Å². The van der Waals surface area contributed by atoms with Crippen LogP contribution in [0.5, 0.6) is 0 Å². The van der Waals surface area contributed by atoms with E-state index in [0.717, 1.165) is 13.0 Å². The maximum absolute atomic E-state index is 12.3. The minimum absolute atomic E-state index is 0.0232. The van der Waals surface area contributed by atoms with Crippen molar-refractivity contribution in [3.8, 4) is 0 Å². The highest BCUT2D eigenvalue weighted by Crippen LogP contribution is 2.11. The number of carbonyl (C=O) groups is 2. The van der Waals surface area contributed by atoms with Gasteiger partial charge in [-0.15, -0.1) is 0 Å².